The summed E-state index contributed by atoms with van der Waals surface area (Å²) in [4.78, 5) is 23.2. The van der Waals surface area contributed by atoms with Gasteiger partial charge in [0.05, 0.1) is 17.8 Å². The van der Waals surface area contributed by atoms with Crippen molar-refractivity contribution >= 4 is 34.3 Å². The number of nitrogens with zero attached hydrogens (tertiary/aromatic N) is 5. The molecule has 9 heteroatoms. The monoisotopic (exact) mass is 422 g/mol. The van der Waals surface area contributed by atoms with Crippen LogP contribution in [0.25, 0.3) is 11.0 Å². The molecule has 2 aromatic heterocycles. The van der Waals surface area contributed by atoms with Crippen LogP contribution >= 0.6 is 0 Å². The van der Waals surface area contributed by atoms with Crippen LogP contribution in [-0.2, 0) is 18.3 Å². The van der Waals surface area contributed by atoms with Crippen molar-refractivity contribution in [2.45, 2.75) is 25.9 Å². The van der Waals surface area contributed by atoms with Crippen LogP contribution in [0, 0.1) is 17.2 Å². The lowest BCUT2D eigenvalue weighted by molar-refractivity contribution is -0.117. The number of aryl methyl sites for hydroxylation is 2. The molecule has 4 rings (SSSR count). The van der Waals surface area contributed by atoms with Gasteiger partial charge in [-0.1, -0.05) is 13.0 Å². The maximum Gasteiger partial charge on any atom is 0.231 e. The number of benzene rings is 1. The van der Waals surface area contributed by atoms with E-state index < -0.39 is 12.1 Å². The van der Waals surface area contributed by atoms with Crippen molar-refractivity contribution in [2.24, 2.45) is 13.0 Å². The Balaban J connectivity index is 1.74. The highest BCUT2D eigenvalue weighted by Gasteiger charge is 2.44. The number of nitriles is 1. The summed E-state index contributed by atoms with van der Waals surface area (Å²) in [5, 5.41) is 11.5. The Labute approximate surface area is 179 Å². The summed E-state index contributed by atoms with van der Waals surface area (Å²) in [5.74, 6) is 0.471. The molecular formula is C22H23FN6O2. The van der Waals surface area contributed by atoms with Crippen LogP contribution < -0.4 is 15.0 Å². The summed E-state index contributed by atoms with van der Waals surface area (Å²) < 4.78 is 20.6. The molecule has 1 aliphatic carbocycles. The van der Waals surface area contributed by atoms with Crippen molar-refractivity contribution < 1.29 is 13.9 Å². The Morgan fingerprint density at radius 3 is 2.90 bits per heavy atom. The van der Waals surface area contributed by atoms with E-state index in [1.165, 1.54) is 0 Å². The van der Waals surface area contributed by atoms with Gasteiger partial charge >= 0.3 is 0 Å². The van der Waals surface area contributed by atoms with Crippen LogP contribution in [0.4, 0.5) is 21.7 Å². The summed E-state index contributed by atoms with van der Waals surface area (Å²) in [6, 6.07) is 9.50. The van der Waals surface area contributed by atoms with Gasteiger partial charge in [0, 0.05) is 31.9 Å². The number of pyridine rings is 1. The van der Waals surface area contributed by atoms with Gasteiger partial charge in [0.1, 0.15) is 29.3 Å². The number of hydrogen-bond acceptors (Lipinski definition) is 6. The Kier molecular flexibility index (Phi) is 5.46. The number of rotatable bonds is 7. The van der Waals surface area contributed by atoms with E-state index >= 15 is 0 Å². The fourth-order valence-corrected chi connectivity index (χ4v) is 3.50. The van der Waals surface area contributed by atoms with E-state index in [2.05, 4.69) is 22.2 Å². The van der Waals surface area contributed by atoms with Gasteiger partial charge in [-0.15, -0.1) is 0 Å². The zero-order valence-corrected chi connectivity index (χ0v) is 17.6. The van der Waals surface area contributed by atoms with Gasteiger partial charge in [-0.25, -0.2) is 14.4 Å². The molecule has 0 aliphatic heterocycles. The summed E-state index contributed by atoms with van der Waals surface area (Å²) in [5.41, 5.74) is 3.28. The maximum atomic E-state index is 13.3. The number of hydrogen-bond donors (Lipinski definition) is 1. The third kappa shape index (κ3) is 4.01. The van der Waals surface area contributed by atoms with E-state index in [-0.39, 0.29) is 18.9 Å². The second kappa shape index (κ2) is 8.22. The summed E-state index contributed by atoms with van der Waals surface area (Å²) in [6.45, 7) is 2.01. The summed E-state index contributed by atoms with van der Waals surface area (Å²) >= 11 is 0. The third-order valence-electron chi connectivity index (χ3n) is 5.44. The summed E-state index contributed by atoms with van der Waals surface area (Å²) in [7, 11) is 3.73. The summed E-state index contributed by atoms with van der Waals surface area (Å²) in [6.07, 6.45) is 1.59. The number of nitrogens with one attached hydrogen (secondary N) is 1. The molecule has 8 nitrogen and oxygen atoms in total. The number of halogens is 1. The van der Waals surface area contributed by atoms with E-state index in [1.807, 2.05) is 53.9 Å². The number of ether oxygens (including phenoxy) is 1. The largest absolute Gasteiger partial charge is 0.479 e. The fraction of sp³-hybridized carbons (Fsp3) is 0.364. The van der Waals surface area contributed by atoms with E-state index in [1.54, 1.807) is 6.33 Å². The van der Waals surface area contributed by atoms with Crippen molar-refractivity contribution in [3.8, 4) is 11.8 Å². The lowest BCUT2D eigenvalue weighted by Crippen LogP contribution is -2.19. The van der Waals surface area contributed by atoms with Gasteiger partial charge in [-0.05, 0) is 24.5 Å². The average molecular weight is 422 g/mol. The minimum Gasteiger partial charge on any atom is -0.479 e. The van der Waals surface area contributed by atoms with Crippen LogP contribution in [0.3, 0.4) is 0 Å². The van der Waals surface area contributed by atoms with Gasteiger partial charge in [-0.2, -0.15) is 5.26 Å². The first-order valence-electron chi connectivity index (χ1n) is 10.1. The van der Waals surface area contributed by atoms with Crippen molar-refractivity contribution in [1.82, 2.24) is 14.5 Å². The molecule has 0 bridgehead atoms. The number of carbonyl (C=O) groups excluding carboxylic acids is 1. The van der Waals surface area contributed by atoms with E-state index in [0.717, 1.165) is 23.2 Å². The van der Waals surface area contributed by atoms with Crippen molar-refractivity contribution in [3.05, 3.63) is 36.2 Å². The molecule has 1 N–H and O–H groups in total. The molecule has 1 aromatic carbocycles. The number of imidazole rings is 1. The van der Waals surface area contributed by atoms with Crippen LogP contribution in [0.5, 0.6) is 5.75 Å². The Bertz CT molecular complexity index is 1180. The second-order valence-electron chi connectivity index (χ2n) is 7.55. The average Bonchev–Trinajstić information content (AvgIpc) is 3.40. The number of amides is 1. The van der Waals surface area contributed by atoms with Crippen molar-refractivity contribution in [1.29, 1.82) is 5.26 Å². The maximum absolute atomic E-state index is 13.3. The highest BCUT2D eigenvalue weighted by molar-refractivity contribution is 6.01. The van der Waals surface area contributed by atoms with Gasteiger partial charge in [0.25, 0.3) is 0 Å². The number of aromatic nitrogens is 3. The van der Waals surface area contributed by atoms with Crippen LogP contribution in [0.15, 0.2) is 30.6 Å². The quantitative estimate of drug-likeness (QED) is 0.626. The van der Waals surface area contributed by atoms with Crippen LogP contribution in [-0.4, -0.2) is 40.3 Å². The van der Waals surface area contributed by atoms with Crippen LogP contribution in [0.2, 0.25) is 0 Å². The zero-order valence-electron chi connectivity index (χ0n) is 17.6. The first-order valence-corrected chi connectivity index (χ1v) is 10.1. The molecule has 2 heterocycles. The van der Waals surface area contributed by atoms with Crippen LogP contribution in [0.1, 0.15) is 18.9 Å². The standard InChI is InChI=1S/C22H23FN6O2/c1-4-13-5-6-14(31-8-7-24)9-17(13)29(3)19-11-18-20(25-12-28(18)2)21(26-19)27-22(30)15-10-16(15)23/h5-6,9,11-12,15-16H,4,8,10H2,1-3H3,(H,26,27,30)/t15-,16+/m0/s1. The van der Waals surface area contributed by atoms with Gasteiger partial charge in [0.2, 0.25) is 5.91 Å². The molecule has 1 saturated carbocycles. The van der Waals surface area contributed by atoms with Crippen molar-refractivity contribution in [2.75, 3.05) is 23.9 Å². The minimum atomic E-state index is -1.09. The predicted molar refractivity (Wildman–Crippen MR) is 115 cm³/mol. The second-order valence-corrected chi connectivity index (χ2v) is 7.55. The topological polar surface area (TPSA) is 96.1 Å². The molecule has 1 fully saturated rings. The minimum absolute atomic E-state index is 0.0409. The molecule has 160 valence electrons. The highest BCUT2D eigenvalue weighted by atomic mass is 19.1. The van der Waals surface area contributed by atoms with E-state index in [9.17, 15) is 9.18 Å². The smallest absolute Gasteiger partial charge is 0.231 e. The molecule has 1 amide bonds. The molecule has 2 atom stereocenters. The van der Waals surface area contributed by atoms with Crippen molar-refractivity contribution in [3.63, 3.8) is 0 Å². The Morgan fingerprint density at radius 2 is 2.23 bits per heavy atom. The lowest BCUT2D eigenvalue weighted by Gasteiger charge is -2.23. The first kappa shape index (κ1) is 20.6. The predicted octanol–water partition coefficient (Wildman–Crippen LogP) is 3.50. The van der Waals surface area contributed by atoms with Gasteiger partial charge < -0.3 is 19.5 Å². The SMILES string of the molecule is CCc1ccc(OCC#N)cc1N(C)c1cc2c(ncn2C)c(NC(=O)[C@H]2C[C@H]2F)n1. The molecule has 1 aliphatic rings. The molecule has 0 radical (unpaired) electrons. The molecule has 31 heavy (non-hydrogen) atoms. The Hall–Kier alpha value is -3.67. The molecular weight excluding hydrogens is 399 g/mol. The molecule has 0 saturated heterocycles. The number of carbonyl (C=O) groups is 1. The number of fused-ring (bicyclic) bond motifs is 1. The number of alkyl halides is 1. The van der Waals surface area contributed by atoms with Gasteiger partial charge in [-0.3, -0.25) is 4.79 Å². The molecule has 0 spiro atoms. The lowest BCUT2D eigenvalue weighted by atomic mass is 10.1. The normalized spacial score (nSPS) is 17.3. The fourth-order valence-electron chi connectivity index (χ4n) is 3.50. The first-order chi connectivity index (χ1) is 14.9. The van der Waals surface area contributed by atoms with Gasteiger partial charge in [0.15, 0.2) is 12.4 Å². The zero-order chi connectivity index (χ0) is 22.1. The molecule has 3 aromatic rings. The molecule has 0 unspecified atom stereocenters. The number of anilines is 3. The third-order valence-corrected chi connectivity index (χ3v) is 5.44. The Morgan fingerprint density at radius 1 is 1.45 bits per heavy atom. The van der Waals surface area contributed by atoms with E-state index in [0.29, 0.717) is 22.9 Å². The van der Waals surface area contributed by atoms with E-state index in [4.69, 9.17) is 10.00 Å². The highest BCUT2D eigenvalue weighted by Crippen LogP contribution is 2.36.